The molecule has 2 aromatic heterocycles. The van der Waals surface area contributed by atoms with E-state index in [0.717, 1.165) is 18.3 Å². The summed E-state index contributed by atoms with van der Waals surface area (Å²) in [6.07, 6.45) is -3.32. The van der Waals surface area contributed by atoms with Gasteiger partial charge in [-0.05, 0) is 18.2 Å². The van der Waals surface area contributed by atoms with Crippen LogP contribution in [0.3, 0.4) is 0 Å². The van der Waals surface area contributed by atoms with E-state index in [9.17, 15) is 18.3 Å². The molecule has 7 heteroatoms. The molecule has 100 valence electrons. The van der Waals surface area contributed by atoms with Gasteiger partial charge in [0.15, 0.2) is 0 Å². The van der Waals surface area contributed by atoms with E-state index in [1.165, 1.54) is 18.3 Å². The molecular weight excluding hydrogens is 281 g/mol. The number of hydrogen-bond acceptors (Lipinski definition) is 3. The van der Waals surface area contributed by atoms with E-state index in [-0.39, 0.29) is 11.3 Å². The summed E-state index contributed by atoms with van der Waals surface area (Å²) in [6.45, 7) is 0. The molecule has 0 aliphatic carbocycles. The summed E-state index contributed by atoms with van der Waals surface area (Å²) in [6, 6.07) is 5.00. The van der Waals surface area contributed by atoms with Crippen LogP contribution in [-0.2, 0) is 6.18 Å². The summed E-state index contributed by atoms with van der Waals surface area (Å²) in [5.74, 6) is 0. The van der Waals surface area contributed by atoms with Crippen molar-refractivity contribution in [3.63, 3.8) is 0 Å². The van der Waals surface area contributed by atoms with Crippen molar-refractivity contribution >= 4 is 11.6 Å². The van der Waals surface area contributed by atoms with Crippen LogP contribution in [-0.4, -0.2) is 15.1 Å². The first-order valence-corrected chi connectivity index (χ1v) is 5.58. The maximum atomic E-state index is 12.3. The lowest BCUT2D eigenvalue weighted by molar-refractivity contribution is -0.141. The van der Waals surface area contributed by atoms with Gasteiger partial charge < -0.3 is 5.11 Å². The van der Waals surface area contributed by atoms with Crippen LogP contribution in [0, 0.1) is 0 Å². The number of aliphatic hydroxyl groups is 1. The molecule has 1 unspecified atom stereocenters. The van der Waals surface area contributed by atoms with Gasteiger partial charge in [-0.1, -0.05) is 17.7 Å². The Morgan fingerprint density at radius 3 is 2.26 bits per heavy atom. The van der Waals surface area contributed by atoms with Gasteiger partial charge in [0.05, 0.1) is 10.7 Å². The van der Waals surface area contributed by atoms with Crippen LogP contribution >= 0.6 is 11.6 Å². The molecule has 0 aromatic carbocycles. The van der Waals surface area contributed by atoms with Gasteiger partial charge >= 0.3 is 6.18 Å². The Hall–Kier alpha value is -1.66. The fourth-order valence-corrected chi connectivity index (χ4v) is 1.57. The van der Waals surface area contributed by atoms with E-state index < -0.39 is 18.0 Å². The highest BCUT2D eigenvalue weighted by atomic mass is 35.5. The molecule has 1 atom stereocenters. The summed E-state index contributed by atoms with van der Waals surface area (Å²) >= 11 is 5.65. The van der Waals surface area contributed by atoms with Crippen LogP contribution in [0.4, 0.5) is 13.2 Å². The van der Waals surface area contributed by atoms with Crippen LogP contribution in [0.1, 0.15) is 23.1 Å². The van der Waals surface area contributed by atoms with Gasteiger partial charge in [0, 0.05) is 18.0 Å². The summed E-state index contributed by atoms with van der Waals surface area (Å²) in [4.78, 5) is 7.17. The predicted octanol–water partition coefficient (Wildman–Crippen LogP) is 3.23. The normalized spacial score (nSPS) is 13.3. The number of hydrogen-bond donors (Lipinski definition) is 1. The Morgan fingerprint density at radius 1 is 1.05 bits per heavy atom. The number of halogens is 4. The maximum Gasteiger partial charge on any atom is 0.433 e. The van der Waals surface area contributed by atoms with E-state index >= 15 is 0 Å². The van der Waals surface area contributed by atoms with Gasteiger partial charge in [0.1, 0.15) is 11.8 Å². The minimum absolute atomic E-state index is 0.225. The molecule has 2 heterocycles. The number of aliphatic hydroxyl groups excluding tert-OH is 1. The number of alkyl halides is 3. The van der Waals surface area contributed by atoms with Gasteiger partial charge in [-0.15, -0.1) is 0 Å². The zero-order valence-corrected chi connectivity index (χ0v) is 10.2. The molecule has 3 nitrogen and oxygen atoms in total. The van der Waals surface area contributed by atoms with Crippen LogP contribution in [0.5, 0.6) is 0 Å². The monoisotopic (exact) mass is 288 g/mol. The molecule has 0 aliphatic rings. The van der Waals surface area contributed by atoms with Gasteiger partial charge in [-0.25, -0.2) is 0 Å². The van der Waals surface area contributed by atoms with Crippen LogP contribution in [0.2, 0.25) is 5.02 Å². The van der Waals surface area contributed by atoms with Crippen molar-refractivity contribution in [3.8, 4) is 0 Å². The molecule has 2 aromatic rings. The minimum atomic E-state index is -4.50. The minimum Gasteiger partial charge on any atom is -0.382 e. The van der Waals surface area contributed by atoms with Crippen molar-refractivity contribution in [2.75, 3.05) is 0 Å². The number of nitrogens with zero attached hydrogens (tertiary/aromatic N) is 2. The lowest BCUT2D eigenvalue weighted by atomic mass is 10.1. The Labute approximate surface area is 111 Å². The van der Waals surface area contributed by atoms with Crippen molar-refractivity contribution in [1.29, 1.82) is 0 Å². The third-order valence-corrected chi connectivity index (χ3v) is 2.65. The maximum absolute atomic E-state index is 12.3. The van der Waals surface area contributed by atoms with E-state index in [4.69, 9.17) is 11.6 Å². The first kappa shape index (κ1) is 13.8. The molecule has 0 spiro atoms. The van der Waals surface area contributed by atoms with E-state index in [2.05, 4.69) is 9.97 Å². The average Bonchev–Trinajstić information content (AvgIpc) is 2.38. The fourth-order valence-electron chi connectivity index (χ4n) is 1.45. The van der Waals surface area contributed by atoms with Crippen LogP contribution in [0.25, 0.3) is 0 Å². The lowest BCUT2D eigenvalue weighted by Crippen LogP contribution is -2.09. The zero-order chi connectivity index (χ0) is 14.0. The van der Waals surface area contributed by atoms with Gasteiger partial charge in [0.2, 0.25) is 0 Å². The highest BCUT2D eigenvalue weighted by Crippen LogP contribution is 2.28. The molecule has 0 saturated carbocycles. The Bertz CT molecular complexity index is 555. The topological polar surface area (TPSA) is 46.0 Å². The van der Waals surface area contributed by atoms with Crippen molar-refractivity contribution < 1.29 is 18.3 Å². The lowest BCUT2D eigenvalue weighted by Gasteiger charge is -2.11. The van der Waals surface area contributed by atoms with Gasteiger partial charge in [-0.3, -0.25) is 9.97 Å². The largest absolute Gasteiger partial charge is 0.433 e. The summed E-state index contributed by atoms with van der Waals surface area (Å²) in [7, 11) is 0. The molecule has 0 fully saturated rings. The van der Waals surface area contributed by atoms with E-state index in [1.54, 1.807) is 0 Å². The highest BCUT2D eigenvalue weighted by molar-refractivity contribution is 6.30. The summed E-state index contributed by atoms with van der Waals surface area (Å²) < 4.78 is 37.0. The van der Waals surface area contributed by atoms with Gasteiger partial charge in [-0.2, -0.15) is 13.2 Å². The molecule has 2 rings (SSSR count). The quantitative estimate of drug-likeness (QED) is 0.923. The van der Waals surface area contributed by atoms with Crippen LogP contribution in [0.15, 0.2) is 36.7 Å². The van der Waals surface area contributed by atoms with E-state index in [0.29, 0.717) is 5.02 Å². The number of pyridine rings is 2. The standard InChI is InChI=1S/C12H8ClF3N2O/c13-8-2-3-9(17-6-8)11(19)7-1-4-10(18-5-7)12(14,15)16/h1-6,11,19H. The summed E-state index contributed by atoms with van der Waals surface area (Å²) in [5.41, 5.74) is -0.499. The van der Waals surface area contributed by atoms with Crippen LogP contribution < -0.4 is 0 Å². The highest BCUT2D eigenvalue weighted by Gasteiger charge is 2.32. The molecule has 0 amide bonds. The summed E-state index contributed by atoms with van der Waals surface area (Å²) in [5, 5.41) is 10.4. The van der Waals surface area contributed by atoms with Gasteiger partial charge in [0.25, 0.3) is 0 Å². The molecule has 0 radical (unpaired) electrons. The smallest absolute Gasteiger partial charge is 0.382 e. The Balaban J connectivity index is 2.25. The predicted molar refractivity (Wildman–Crippen MR) is 62.5 cm³/mol. The fraction of sp³-hybridized carbons (Fsp3) is 0.167. The molecule has 1 N–H and O–H groups in total. The Morgan fingerprint density at radius 2 is 1.79 bits per heavy atom. The van der Waals surface area contributed by atoms with Crippen molar-refractivity contribution in [2.24, 2.45) is 0 Å². The molecule has 0 bridgehead atoms. The first-order valence-electron chi connectivity index (χ1n) is 5.20. The van der Waals surface area contributed by atoms with Crippen molar-refractivity contribution in [1.82, 2.24) is 9.97 Å². The first-order chi connectivity index (χ1) is 8.88. The van der Waals surface area contributed by atoms with Crippen molar-refractivity contribution in [3.05, 3.63) is 58.6 Å². The number of rotatable bonds is 2. The van der Waals surface area contributed by atoms with E-state index in [1.807, 2.05) is 0 Å². The number of aromatic nitrogens is 2. The molecule has 0 aliphatic heterocycles. The third-order valence-electron chi connectivity index (χ3n) is 2.42. The molecular formula is C12H8ClF3N2O. The zero-order valence-electron chi connectivity index (χ0n) is 9.39. The second-order valence-corrected chi connectivity index (χ2v) is 4.21. The third kappa shape index (κ3) is 3.21. The second-order valence-electron chi connectivity index (χ2n) is 3.78. The Kier molecular flexibility index (Phi) is 3.73. The average molecular weight is 289 g/mol. The second kappa shape index (κ2) is 5.14. The molecule has 0 saturated heterocycles. The molecule has 19 heavy (non-hydrogen) atoms. The SMILES string of the molecule is OC(c1ccc(C(F)(F)F)nc1)c1ccc(Cl)cn1. The van der Waals surface area contributed by atoms with Crippen molar-refractivity contribution in [2.45, 2.75) is 12.3 Å².